The summed E-state index contributed by atoms with van der Waals surface area (Å²) in [5, 5.41) is 4.56. The van der Waals surface area contributed by atoms with Gasteiger partial charge in [0.25, 0.3) is 0 Å². The molecule has 2 heterocycles. The van der Waals surface area contributed by atoms with Gasteiger partial charge >= 0.3 is 0 Å². The molecular weight excluding hydrogens is 256 g/mol. The fourth-order valence-corrected chi connectivity index (χ4v) is 3.83. The maximum Gasteiger partial charge on any atom is 0.112 e. The molecule has 1 aromatic heterocycles. The Kier molecular flexibility index (Phi) is 5.33. The zero-order valence-corrected chi connectivity index (χ0v) is 13.4. The highest BCUT2D eigenvalue weighted by atomic mass is 32.1. The van der Waals surface area contributed by atoms with Gasteiger partial charge in [-0.1, -0.05) is 13.3 Å². The van der Waals surface area contributed by atoms with Gasteiger partial charge in [0.1, 0.15) is 5.01 Å². The Morgan fingerprint density at radius 3 is 2.84 bits per heavy atom. The summed E-state index contributed by atoms with van der Waals surface area (Å²) in [5.74, 6) is 0. The molecule has 1 aromatic rings. The van der Waals surface area contributed by atoms with E-state index in [1.165, 1.54) is 22.0 Å². The van der Waals surface area contributed by atoms with E-state index in [9.17, 15) is 0 Å². The third kappa shape index (κ3) is 3.54. The molecule has 0 spiro atoms. The van der Waals surface area contributed by atoms with Gasteiger partial charge in [-0.15, -0.1) is 11.3 Å². The van der Waals surface area contributed by atoms with Gasteiger partial charge in [-0.3, -0.25) is 4.90 Å². The van der Waals surface area contributed by atoms with Gasteiger partial charge in [0, 0.05) is 31.1 Å². The Hall–Kier alpha value is -0.490. The number of nitrogens with zero attached hydrogens (tertiary/aromatic N) is 3. The summed E-state index contributed by atoms with van der Waals surface area (Å²) >= 11 is 1.89. The molecule has 0 bridgehead atoms. The molecule has 5 heteroatoms. The van der Waals surface area contributed by atoms with Gasteiger partial charge in [0.2, 0.25) is 0 Å². The van der Waals surface area contributed by atoms with Crippen LogP contribution in [0.2, 0.25) is 0 Å². The van der Waals surface area contributed by atoms with Crippen LogP contribution in [-0.4, -0.2) is 55.6 Å². The molecule has 0 aromatic carbocycles. The number of aromatic nitrogens is 1. The Balaban J connectivity index is 2.20. The molecule has 1 aliphatic rings. The van der Waals surface area contributed by atoms with Crippen LogP contribution in [0.4, 0.5) is 0 Å². The number of thiazole rings is 1. The number of piperazine rings is 1. The first kappa shape index (κ1) is 14.9. The summed E-state index contributed by atoms with van der Waals surface area (Å²) in [4.78, 5) is 11.2. The average Bonchev–Trinajstić information content (AvgIpc) is 2.77. The highest BCUT2D eigenvalue weighted by Gasteiger charge is 2.27. The molecule has 108 valence electrons. The quantitative estimate of drug-likeness (QED) is 0.891. The molecule has 2 rings (SSSR count). The predicted octanol–water partition coefficient (Wildman–Crippen LogP) is 1.73. The summed E-state index contributed by atoms with van der Waals surface area (Å²) in [5.41, 5.74) is 1.30. The van der Waals surface area contributed by atoms with Crippen LogP contribution in [0.3, 0.4) is 0 Å². The Bertz CT molecular complexity index is 381. The molecule has 0 saturated carbocycles. The second-order valence-electron chi connectivity index (χ2n) is 5.46. The zero-order chi connectivity index (χ0) is 13.8. The Morgan fingerprint density at radius 2 is 2.16 bits per heavy atom. The first-order valence-corrected chi connectivity index (χ1v) is 7.99. The number of rotatable bonds is 5. The van der Waals surface area contributed by atoms with Crippen LogP contribution < -0.4 is 5.32 Å². The average molecular weight is 282 g/mol. The summed E-state index contributed by atoms with van der Waals surface area (Å²) in [7, 11) is 6.43. The van der Waals surface area contributed by atoms with E-state index >= 15 is 0 Å². The summed E-state index contributed by atoms with van der Waals surface area (Å²) in [6.07, 6.45) is 2.26. The van der Waals surface area contributed by atoms with Gasteiger partial charge in [0.05, 0.1) is 11.7 Å². The van der Waals surface area contributed by atoms with E-state index in [-0.39, 0.29) is 0 Å². The van der Waals surface area contributed by atoms with E-state index in [1.54, 1.807) is 0 Å². The third-order valence-corrected chi connectivity index (χ3v) is 4.95. The fourth-order valence-electron chi connectivity index (χ4n) is 2.55. The van der Waals surface area contributed by atoms with Crippen molar-refractivity contribution in [1.29, 1.82) is 0 Å². The van der Waals surface area contributed by atoms with Crippen molar-refractivity contribution in [1.82, 2.24) is 20.1 Å². The van der Waals surface area contributed by atoms with E-state index in [2.05, 4.69) is 36.1 Å². The predicted molar refractivity (Wildman–Crippen MR) is 81.7 cm³/mol. The molecule has 1 atom stereocenters. The second kappa shape index (κ2) is 6.79. The summed E-state index contributed by atoms with van der Waals surface area (Å²) in [6.45, 7) is 6.55. The largest absolute Gasteiger partial charge is 0.315 e. The zero-order valence-electron chi connectivity index (χ0n) is 12.6. The topological polar surface area (TPSA) is 31.4 Å². The molecule has 0 aliphatic carbocycles. The lowest BCUT2D eigenvalue weighted by molar-refractivity contribution is 0.115. The van der Waals surface area contributed by atoms with E-state index in [0.29, 0.717) is 6.04 Å². The molecule has 1 N–H and O–H groups in total. The van der Waals surface area contributed by atoms with Crippen LogP contribution in [0.1, 0.15) is 35.0 Å². The van der Waals surface area contributed by atoms with Crippen LogP contribution >= 0.6 is 11.3 Å². The van der Waals surface area contributed by atoms with Crippen molar-refractivity contribution >= 4 is 11.3 Å². The van der Waals surface area contributed by atoms with Crippen LogP contribution in [-0.2, 0) is 13.0 Å². The highest BCUT2D eigenvalue weighted by Crippen LogP contribution is 2.30. The number of likely N-dealkylation sites (N-methyl/N-ethyl adjacent to an activating group) is 2. The Labute approximate surface area is 120 Å². The van der Waals surface area contributed by atoms with Gasteiger partial charge in [-0.2, -0.15) is 0 Å². The molecule has 1 unspecified atom stereocenters. The first-order valence-electron chi connectivity index (χ1n) is 7.17. The molecular formula is C14H26N4S. The molecule has 19 heavy (non-hydrogen) atoms. The highest BCUT2D eigenvalue weighted by molar-refractivity contribution is 7.11. The van der Waals surface area contributed by atoms with Crippen molar-refractivity contribution in [2.24, 2.45) is 0 Å². The van der Waals surface area contributed by atoms with Crippen LogP contribution in [0.25, 0.3) is 0 Å². The van der Waals surface area contributed by atoms with Crippen LogP contribution in [0.15, 0.2) is 0 Å². The van der Waals surface area contributed by atoms with Gasteiger partial charge in [-0.25, -0.2) is 4.98 Å². The van der Waals surface area contributed by atoms with Gasteiger partial charge < -0.3 is 10.2 Å². The van der Waals surface area contributed by atoms with Gasteiger partial charge in [0.15, 0.2) is 0 Å². The minimum Gasteiger partial charge on any atom is -0.315 e. The number of aryl methyl sites for hydroxylation is 1. The molecule has 0 amide bonds. The fraction of sp³-hybridized carbons (Fsp3) is 0.786. The van der Waals surface area contributed by atoms with Crippen molar-refractivity contribution in [3.8, 4) is 0 Å². The van der Waals surface area contributed by atoms with Crippen molar-refractivity contribution < 1.29 is 0 Å². The molecule has 0 radical (unpaired) electrons. The van der Waals surface area contributed by atoms with E-state index in [1.807, 2.05) is 18.4 Å². The maximum atomic E-state index is 4.94. The van der Waals surface area contributed by atoms with Crippen LogP contribution in [0.5, 0.6) is 0 Å². The van der Waals surface area contributed by atoms with E-state index in [4.69, 9.17) is 4.98 Å². The van der Waals surface area contributed by atoms with E-state index in [0.717, 1.165) is 32.6 Å². The van der Waals surface area contributed by atoms with Crippen molar-refractivity contribution in [3.63, 3.8) is 0 Å². The molecule has 1 saturated heterocycles. The molecule has 1 aliphatic heterocycles. The number of nitrogens with one attached hydrogen (secondary N) is 1. The van der Waals surface area contributed by atoms with E-state index < -0.39 is 0 Å². The molecule has 1 fully saturated rings. The normalized spacial score (nSPS) is 22.0. The molecule has 4 nitrogen and oxygen atoms in total. The second-order valence-corrected chi connectivity index (χ2v) is 6.58. The third-order valence-electron chi connectivity index (χ3n) is 3.76. The summed E-state index contributed by atoms with van der Waals surface area (Å²) in [6, 6.07) is 0.463. The van der Waals surface area contributed by atoms with Gasteiger partial charge in [-0.05, 0) is 27.6 Å². The lowest BCUT2D eigenvalue weighted by atomic mass is 10.2. The lowest BCUT2D eigenvalue weighted by Crippen LogP contribution is -2.44. The minimum absolute atomic E-state index is 0.463. The first-order chi connectivity index (χ1) is 9.15. The summed E-state index contributed by atoms with van der Waals surface area (Å²) < 4.78 is 0. The minimum atomic E-state index is 0.463. The lowest BCUT2D eigenvalue weighted by Gasteiger charge is -2.36. The smallest absolute Gasteiger partial charge is 0.112 e. The monoisotopic (exact) mass is 282 g/mol. The van der Waals surface area contributed by atoms with Crippen molar-refractivity contribution in [3.05, 3.63) is 15.6 Å². The van der Waals surface area contributed by atoms with Crippen molar-refractivity contribution in [2.45, 2.75) is 32.4 Å². The standard InChI is InChI=1S/C14H26N4S/c1-5-6-11-13(9-15-2)19-14(16-11)12-10-17(3)7-8-18(12)4/h12,15H,5-10H2,1-4H3. The SMILES string of the molecule is CCCc1nc(C2CN(C)CCN2C)sc1CNC. The maximum absolute atomic E-state index is 4.94. The van der Waals surface area contributed by atoms with Crippen LogP contribution in [0, 0.1) is 0 Å². The van der Waals surface area contributed by atoms with Crippen molar-refractivity contribution in [2.75, 3.05) is 40.8 Å². The Morgan fingerprint density at radius 1 is 1.37 bits per heavy atom. The number of hydrogen-bond acceptors (Lipinski definition) is 5. The number of hydrogen-bond donors (Lipinski definition) is 1.